The molecule has 0 saturated heterocycles. The Hall–Kier alpha value is -4.71. The van der Waals surface area contributed by atoms with Crippen molar-refractivity contribution >= 4 is 27.3 Å². The molecule has 1 amide bonds. The number of halogens is 3. The second kappa shape index (κ2) is 10.7. The Kier molecular flexibility index (Phi) is 7.26. The van der Waals surface area contributed by atoms with E-state index in [1.807, 2.05) is 0 Å². The van der Waals surface area contributed by atoms with Gasteiger partial charge in [0.2, 0.25) is 5.91 Å². The van der Waals surface area contributed by atoms with Crippen molar-refractivity contribution < 1.29 is 31.3 Å². The molecular weight excluding hydrogens is 559 g/mol. The lowest BCUT2D eigenvalue weighted by Crippen LogP contribution is -2.47. The van der Waals surface area contributed by atoms with Crippen LogP contribution in [0, 0.1) is 10.1 Å². The van der Waals surface area contributed by atoms with Gasteiger partial charge in [-0.15, -0.1) is 0 Å². The van der Waals surface area contributed by atoms with Crippen LogP contribution in [0.5, 0.6) is 0 Å². The van der Waals surface area contributed by atoms with Crippen LogP contribution in [0.2, 0.25) is 0 Å². The summed E-state index contributed by atoms with van der Waals surface area (Å²) in [5.41, 5.74) is 1.17. The number of amides is 1. The molecule has 0 fully saturated rings. The van der Waals surface area contributed by atoms with Crippen molar-refractivity contribution in [2.45, 2.75) is 30.1 Å². The van der Waals surface area contributed by atoms with Crippen LogP contribution in [0.4, 0.5) is 24.5 Å². The fourth-order valence-corrected chi connectivity index (χ4v) is 6.40. The van der Waals surface area contributed by atoms with Crippen LogP contribution in [0.25, 0.3) is 11.1 Å². The average Bonchev–Trinajstić information content (AvgIpc) is 3.36. The predicted octanol–water partition coefficient (Wildman–Crippen LogP) is 5.72. The highest BCUT2D eigenvalue weighted by atomic mass is 32.2. The van der Waals surface area contributed by atoms with Gasteiger partial charge in [-0.25, -0.2) is 8.42 Å². The molecule has 1 heterocycles. The highest BCUT2D eigenvalue weighted by molar-refractivity contribution is 7.93. The molecule has 5 rings (SSSR count). The molecule has 0 spiro atoms. The number of nitro benzene ring substituents is 1. The lowest BCUT2D eigenvalue weighted by Gasteiger charge is -2.26. The van der Waals surface area contributed by atoms with Gasteiger partial charge in [-0.3, -0.25) is 19.2 Å². The number of rotatable bonds is 7. The number of carbonyl (C=O) groups is 1. The largest absolute Gasteiger partial charge is 0.416 e. The molecular formula is C29H22F3N3O5S. The molecule has 1 aliphatic heterocycles. The zero-order valence-corrected chi connectivity index (χ0v) is 22.0. The number of hydrogen-bond acceptors (Lipinski definition) is 5. The van der Waals surface area contributed by atoms with Gasteiger partial charge in [0, 0.05) is 25.1 Å². The molecule has 4 aromatic carbocycles. The Morgan fingerprint density at radius 3 is 2.34 bits per heavy atom. The first-order valence-electron chi connectivity index (χ1n) is 12.4. The van der Waals surface area contributed by atoms with E-state index >= 15 is 0 Å². The summed E-state index contributed by atoms with van der Waals surface area (Å²) < 4.78 is 68.2. The number of carbonyl (C=O) groups excluding carboxylic acids is 1. The molecule has 0 unspecified atom stereocenters. The minimum absolute atomic E-state index is 0.0487. The maximum absolute atomic E-state index is 13.9. The number of fused-ring (bicyclic) bond motifs is 1. The van der Waals surface area contributed by atoms with Crippen molar-refractivity contribution in [1.29, 1.82) is 0 Å². The quantitative estimate of drug-likeness (QED) is 0.222. The van der Waals surface area contributed by atoms with Gasteiger partial charge >= 0.3 is 6.18 Å². The maximum Gasteiger partial charge on any atom is 0.416 e. The predicted molar refractivity (Wildman–Crippen MR) is 145 cm³/mol. The minimum atomic E-state index is -4.52. The van der Waals surface area contributed by atoms with Crippen LogP contribution in [-0.4, -0.2) is 25.3 Å². The fraction of sp³-hybridized carbons (Fsp3) is 0.138. The topological polar surface area (TPSA) is 110 Å². The SMILES string of the molecule is O=C(NCc1cccc([N+](=O)[O-])c1)[C@@H]1Cc2ccccc2N1S(=O)(=O)c1ccc(-c2cccc(C(F)(F)F)c2)cc1. The Morgan fingerprint density at radius 1 is 0.927 bits per heavy atom. The minimum Gasteiger partial charge on any atom is -0.350 e. The molecule has 1 atom stereocenters. The molecule has 41 heavy (non-hydrogen) atoms. The monoisotopic (exact) mass is 581 g/mol. The number of para-hydroxylation sites is 1. The first-order valence-corrected chi connectivity index (χ1v) is 13.8. The van der Waals surface area contributed by atoms with Gasteiger partial charge in [0.05, 0.1) is 21.1 Å². The fourth-order valence-electron chi connectivity index (χ4n) is 4.75. The van der Waals surface area contributed by atoms with E-state index in [1.165, 1.54) is 54.6 Å². The summed E-state index contributed by atoms with van der Waals surface area (Å²) in [7, 11) is -4.27. The molecule has 0 saturated carbocycles. The van der Waals surface area contributed by atoms with Gasteiger partial charge in [-0.1, -0.05) is 54.6 Å². The molecule has 1 N–H and O–H groups in total. The van der Waals surface area contributed by atoms with Crippen molar-refractivity contribution in [3.8, 4) is 11.1 Å². The molecule has 4 aromatic rings. The number of alkyl halides is 3. The Morgan fingerprint density at radius 2 is 1.63 bits per heavy atom. The number of sulfonamides is 1. The number of benzene rings is 4. The summed E-state index contributed by atoms with van der Waals surface area (Å²) in [4.78, 5) is 23.7. The molecule has 12 heteroatoms. The zero-order chi connectivity index (χ0) is 29.4. The molecule has 8 nitrogen and oxygen atoms in total. The van der Waals surface area contributed by atoms with Gasteiger partial charge in [-0.05, 0) is 52.6 Å². The molecule has 0 radical (unpaired) electrons. The normalized spacial score (nSPS) is 14.9. The third kappa shape index (κ3) is 5.64. The van der Waals surface area contributed by atoms with Gasteiger partial charge in [0.1, 0.15) is 6.04 Å². The molecule has 0 aliphatic carbocycles. The number of nitrogens with zero attached hydrogens (tertiary/aromatic N) is 2. The average molecular weight is 582 g/mol. The van der Waals surface area contributed by atoms with E-state index in [2.05, 4.69) is 5.32 Å². The lowest BCUT2D eigenvalue weighted by molar-refractivity contribution is -0.384. The van der Waals surface area contributed by atoms with Crippen LogP contribution in [0.1, 0.15) is 16.7 Å². The highest BCUT2D eigenvalue weighted by Gasteiger charge is 2.42. The Labute approximate surface area is 233 Å². The summed E-state index contributed by atoms with van der Waals surface area (Å²) in [6.07, 6.45) is -4.41. The van der Waals surface area contributed by atoms with E-state index in [-0.39, 0.29) is 29.1 Å². The van der Waals surface area contributed by atoms with E-state index < -0.39 is 38.6 Å². The lowest BCUT2D eigenvalue weighted by atomic mass is 10.0. The maximum atomic E-state index is 13.9. The van der Waals surface area contributed by atoms with E-state index in [0.717, 1.165) is 16.4 Å². The summed E-state index contributed by atoms with van der Waals surface area (Å²) in [5, 5.41) is 13.8. The third-order valence-corrected chi connectivity index (χ3v) is 8.59. The van der Waals surface area contributed by atoms with Crippen molar-refractivity contribution in [3.05, 3.63) is 124 Å². The first kappa shape index (κ1) is 27.8. The number of nitrogens with one attached hydrogen (secondary N) is 1. The summed E-state index contributed by atoms with van der Waals surface area (Å²) >= 11 is 0. The summed E-state index contributed by atoms with van der Waals surface area (Å²) in [6, 6.07) is 21.5. The van der Waals surface area contributed by atoms with E-state index in [1.54, 1.807) is 30.3 Å². The van der Waals surface area contributed by atoms with Gasteiger partial charge in [-0.2, -0.15) is 13.2 Å². The van der Waals surface area contributed by atoms with E-state index in [9.17, 15) is 36.5 Å². The first-order chi connectivity index (χ1) is 19.4. The Balaban J connectivity index is 1.42. The molecule has 1 aliphatic rings. The van der Waals surface area contributed by atoms with Crippen molar-refractivity contribution in [3.63, 3.8) is 0 Å². The summed E-state index contributed by atoms with van der Waals surface area (Å²) in [6.45, 7) is -0.0487. The second-order valence-corrected chi connectivity index (χ2v) is 11.2. The third-order valence-electron chi connectivity index (χ3n) is 6.75. The standard InChI is InChI=1S/C29H22F3N3O5S/c30-29(31,32)23-8-4-7-21(16-23)20-11-13-25(14-12-20)41(39,40)34-26-10-2-1-6-22(26)17-27(34)28(36)33-18-19-5-3-9-24(15-19)35(37)38/h1-16,27H,17-18H2,(H,33,36)/t27-/m0/s1. The van der Waals surface area contributed by atoms with Crippen LogP contribution in [0.15, 0.2) is 102 Å². The number of anilines is 1. The summed E-state index contributed by atoms with van der Waals surface area (Å²) in [5.74, 6) is -0.586. The molecule has 210 valence electrons. The molecule has 0 bridgehead atoms. The van der Waals surface area contributed by atoms with Crippen molar-refractivity contribution in [2.24, 2.45) is 0 Å². The zero-order valence-electron chi connectivity index (χ0n) is 21.2. The van der Waals surface area contributed by atoms with Gasteiger partial charge in [0.25, 0.3) is 15.7 Å². The number of hydrogen-bond donors (Lipinski definition) is 1. The second-order valence-electron chi connectivity index (χ2n) is 9.40. The van der Waals surface area contributed by atoms with Crippen LogP contribution in [0.3, 0.4) is 0 Å². The Bertz CT molecular complexity index is 1740. The van der Waals surface area contributed by atoms with E-state index in [0.29, 0.717) is 22.4 Å². The number of nitro groups is 1. The van der Waals surface area contributed by atoms with Crippen molar-refractivity contribution in [2.75, 3.05) is 4.31 Å². The van der Waals surface area contributed by atoms with Gasteiger partial charge in [0.15, 0.2) is 0 Å². The number of non-ortho nitro benzene ring substituents is 1. The molecule has 0 aromatic heterocycles. The van der Waals surface area contributed by atoms with Crippen LogP contribution < -0.4 is 9.62 Å². The highest BCUT2D eigenvalue weighted by Crippen LogP contribution is 2.38. The van der Waals surface area contributed by atoms with Crippen molar-refractivity contribution in [1.82, 2.24) is 5.32 Å². The van der Waals surface area contributed by atoms with Crippen LogP contribution >= 0.6 is 0 Å². The van der Waals surface area contributed by atoms with Gasteiger partial charge < -0.3 is 5.32 Å². The smallest absolute Gasteiger partial charge is 0.350 e. The van der Waals surface area contributed by atoms with Crippen LogP contribution in [-0.2, 0) is 34.0 Å². The van der Waals surface area contributed by atoms with E-state index in [4.69, 9.17) is 0 Å².